The molecule has 1 aromatic heterocycles. The number of rotatable bonds is 6. The fourth-order valence-electron chi connectivity index (χ4n) is 4.37. The van der Waals surface area contributed by atoms with Crippen molar-refractivity contribution >= 4 is 38.9 Å². The van der Waals surface area contributed by atoms with E-state index in [1.807, 2.05) is 63.2 Å². The van der Waals surface area contributed by atoms with E-state index in [4.69, 9.17) is 9.15 Å². The number of aryl methyl sites for hydroxylation is 1. The fraction of sp³-hybridized carbons (Fsp3) is 0.129. The second-order valence-corrected chi connectivity index (χ2v) is 8.62. The van der Waals surface area contributed by atoms with E-state index in [1.165, 1.54) is 10.8 Å². The molecule has 35 heavy (non-hydrogen) atoms. The summed E-state index contributed by atoms with van der Waals surface area (Å²) in [6.07, 6.45) is 3.41. The van der Waals surface area contributed by atoms with Crippen LogP contribution in [0, 0.1) is 6.92 Å². The van der Waals surface area contributed by atoms with Crippen LogP contribution in [0.2, 0.25) is 0 Å². The van der Waals surface area contributed by atoms with E-state index in [1.54, 1.807) is 12.3 Å². The Morgan fingerprint density at radius 1 is 0.971 bits per heavy atom. The van der Waals surface area contributed by atoms with Gasteiger partial charge in [0.15, 0.2) is 0 Å². The number of allylic oxidation sites excluding steroid dienone is 1. The van der Waals surface area contributed by atoms with Crippen molar-refractivity contribution in [1.29, 1.82) is 0 Å². The number of ether oxygens (including phenoxy) is 1. The molecule has 0 fully saturated rings. The average molecular weight is 462 g/mol. The van der Waals surface area contributed by atoms with E-state index in [-0.39, 0.29) is 5.91 Å². The van der Waals surface area contributed by atoms with Crippen LogP contribution in [0.1, 0.15) is 25.0 Å². The summed E-state index contributed by atoms with van der Waals surface area (Å²) in [5.41, 5.74) is 6.33. The van der Waals surface area contributed by atoms with Crippen LogP contribution in [-0.2, 0) is 4.79 Å². The van der Waals surface area contributed by atoms with Gasteiger partial charge in [0.25, 0.3) is 0 Å². The molecular weight excluding hydrogens is 434 g/mol. The summed E-state index contributed by atoms with van der Waals surface area (Å²) in [7, 11) is 0. The van der Waals surface area contributed by atoms with E-state index in [9.17, 15) is 4.79 Å². The van der Waals surface area contributed by atoms with Gasteiger partial charge in [-0.25, -0.2) is 0 Å². The molecule has 5 rings (SSSR count). The zero-order valence-corrected chi connectivity index (χ0v) is 20.1. The molecule has 4 nitrogen and oxygen atoms in total. The molecule has 0 aliphatic heterocycles. The summed E-state index contributed by atoms with van der Waals surface area (Å²) in [5, 5.41) is 6.32. The Morgan fingerprint density at radius 2 is 1.74 bits per heavy atom. The van der Waals surface area contributed by atoms with Gasteiger partial charge in [0.1, 0.15) is 11.3 Å². The summed E-state index contributed by atoms with van der Waals surface area (Å²) >= 11 is 0. The molecular formula is C31H27NO3. The number of amides is 1. The lowest BCUT2D eigenvalue weighted by Gasteiger charge is -2.12. The number of carbonyl (C=O) groups is 1. The summed E-state index contributed by atoms with van der Waals surface area (Å²) < 4.78 is 11.9. The minimum atomic E-state index is -0.179. The largest absolute Gasteiger partial charge is 0.493 e. The first kappa shape index (κ1) is 22.5. The number of fused-ring (bicyclic) bond motifs is 2. The molecule has 0 spiro atoms. The Morgan fingerprint density at radius 3 is 2.54 bits per heavy atom. The van der Waals surface area contributed by atoms with Crippen molar-refractivity contribution in [3.63, 3.8) is 0 Å². The maximum absolute atomic E-state index is 12.8. The molecule has 0 atom stereocenters. The van der Waals surface area contributed by atoms with Crippen molar-refractivity contribution in [2.45, 2.75) is 20.8 Å². The Bertz CT molecular complexity index is 1580. The molecule has 1 amide bonds. The van der Waals surface area contributed by atoms with E-state index in [2.05, 4.69) is 41.7 Å². The van der Waals surface area contributed by atoms with Gasteiger partial charge in [0.05, 0.1) is 12.9 Å². The van der Waals surface area contributed by atoms with Crippen LogP contribution in [0.5, 0.6) is 5.75 Å². The number of furan rings is 1. The van der Waals surface area contributed by atoms with Crippen LogP contribution in [0.4, 0.5) is 5.69 Å². The number of carbonyl (C=O) groups excluding carboxylic acids is 1. The van der Waals surface area contributed by atoms with Gasteiger partial charge < -0.3 is 14.5 Å². The van der Waals surface area contributed by atoms with Gasteiger partial charge in [-0.1, -0.05) is 54.6 Å². The third kappa shape index (κ3) is 4.56. The lowest BCUT2D eigenvalue weighted by Crippen LogP contribution is -2.09. The van der Waals surface area contributed by atoms with Crippen LogP contribution in [0.25, 0.3) is 38.4 Å². The number of benzene rings is 4. The van der Waals surface area contributed by atoms with Crippen LogP contribution in [-0.4, -0.2) is 12.5 Å². The van der Waals surface area contributed by atoms with Crippen LogP contribution in [0.15, 0.2) is 95.6 Å². The smallest absolute Gasteiger partial charge is 0.248 e. The molecule has 1 heterocycles. The second-order valence-electron chi connectivity index (χ2n) is 8.62. The van der Waals surface area contributed by atoms with Crippen molar-refractivity contribution in [3.05, 3.63) is 102 Å². The molecule has 0 bridgehead atoms. The van der Waals surface area contributed by atoms with Crippen molar-refractivity contribution in [1.82, 2.24) is 0 Å². The fourth-order valence-corrected chi connectivity index (χ4v) is 4.37. The van der Waals surface area contributed by atoms with E-state index < -0.39 is 0 Å². The molecule has 174 valence electrons. The molecule has 0 saturated heterocycles. The zero-order valence-electron chi connectivity index (χ0n) is 20.1. The summed E-state index contributed by atoms with van der Waals surface area (Å²) in [6, 6.07) is 26.4. The normalized spacial score (nSPS) is 11.7. The van der Waals surface area contributed by atoms with Crippen molar-refractivity contribution in [2.75, 3.05) is 11.9 Å². The van der Waals surface area contributed by atoms with Crippen molar-refractivity contribution in [3.8, 4) is 16.9 Å². The first-order valence-electron chi connectivity index (χ1n) is 11.8. The summed E-state index contributed by atoms with van der Waals surface area (Å²) in [4.78, 5) is 12.8. The van der Waals surface area contributed by atoms with Gasteiger partial charge in [-0.2, -0.15) is 0 Å². The van der Waals surface area contributed by atoms with Gasteiger partial charge >= 0.3 is 0 Å². The molecule has 0 aliphatic rings. The van der Waals surface area contributed by atoms with Gasteiger partial charge in [-0.3, -0.25) is 4.79 Å². The van der Waals surface area contributed by atoms with Crippen molar-refractivity contribution in [2.24, 2.45) is 0 Å². The highest BCUT2D eigenvalue weighted by molar-refractivity contribution is 6.06. The molecule has 0 saturated carbocycles. The summed E-state index contributed by atoms with van der Waals surface area (Å²) in [6.45, 7) is 6.36. The topological polar surface area (TPSA) is 51.5 Å². The predicted molar refractivity (Wildman–Crippen MR) is 144 cm³/mol. The molecule has 0 unspecified atom stereocenters. The number of para-hydroxylation sites is 1. The number of anilines is 1. The highest BCUT2D eigenvalue weighted by Gasteiger charge is 2.16. The molecule has 1 N–H and O–H groups in total. The lowest BCUT2D eigenvalue weighted by atomic mass is 9.97. The zero-order chi connectivity index (χ0) is 24.4. The van der Waals surface area contributed by atoms with Gasteiger partial charge in [-0.15, -0.1) is 0 Å². The SMILES string of the molecule is CCOc1cc2occ(-c3ccc4ccccc4c3)c2cc1/C(C)=C/C(=O)Nc1ccccc1C. The third-order valence-electron chi connectivity index (χ3n) is 6.21. The van der Waals surface area contributed by atoms with E-state index in [0.717, 1.165) is 44.5 Å². The number of nitrogens with one attached hydrogen (secondary N) is 1. The quantitative estimate of drug-likeness (QED) is 0.261. The Kier molecular flexibility index (Phi) is 6.11. The molecule has 4 heteroatoms. The molecule has 0 aliphatic carbocycles. The molecule has 5 aromatic rings. The molecule has 0 radical (unpaired) electrons. The number of hydrogen-bond donors (Lipinski definition) is 1. The second kappa shape index (κ2) is 9.51. The monoisotopic (exact) mass is 461 g/mol. The maximum atomic E-state index is 12.8. The minimum Gasteiger partial charge on any atom is -0.493 e. The highest BCUT2D eigenvalue weighted by atomic mass is 16.5. The highest BCUT2D eigenvalue weighted by Crippen LogP contribution is 2.38. The minimum absolute atomic E-state index is 0.179. The first-order valence-corrected chi connectivity index (χ1v) is 11.8. The molecule has 4 aromatic carbocycles. The summed E-state index contributed by atoms with van der Waals surface area (Å²) in [5.74, 6) is 0.512. The van der Waals surface area contributed by atoms with E-state index in [0.29, 0.717) is 12.4 Å². The lowest BCUT2D eigenvalue weighted by molar-refractivity contribution is -0.111. The Balaban J connectivity index is 1.55. The van der Waals surface area contributed by atoms with Crippen LogP contribution in [0.3, 0.4) is 0 Å². The van der Waals surface area contributed by atoms with Gasteiger partial charge in [0, 0.05) is 34.3 Å². The Labute approximate surface area is 204 Å². The van der Waals surface area contributed by atoms with Crippen molar-refractivity contribution < 1.29 is 13.9 Å². The predicted octanol–water partition coefficient (Wildman–Crippen LogP) is 8.00. The first-order chi connectivity index (χ1) is 17.0. The average Bonchev–Trinajstić information content (AvgIpc) is 3.27. The van der Waals surface area contributed by atoms with Gasteiger partial charge in [-0.05, 0) is 66.4 Å². The van der Waals surface area contributed by atoms with Gasteiger partial charge in [0.2, 0.25) is 5.91 Å². The van der Waals surface area contributed by atoms with Crippen LogP contribution < -0.4 is 10.1 Å². The Hall–Kier alpha value is -4.31. The third-order valence-corrected chi connectivity index (χ3v) is 6.21. The van der Waals surface area contributed by atoms with Crippen LogP contribution >= 0.6 is 0 Å². The van der Waals surface area contributed by atoms with E-state index >= 15 is 0 Å². The maximum Gasteiger partial charge on any atom is 0.248 e. The number of hydrogen-bond acceptors (Lipinski definition) is 3. The standard InChI is InChI=1S/C31H27NO3/c1-4-34-29-18-30-26(27(19-35-30)24-14-13-22-10-6-7-11-23(22)16-24)17-25(29)21(3)15-31(33)32-28-12-8-5-9-20(28)2/h5-19H,4H2,1-3H3,(H,32,33)/b21-15+.